The Labute approximate surface area is 153 Å². The molecule has 1 aliphatic rings. The fourth-order valence-corrected chi connectivity index (χ4v) is 2.72. The van der Waals surface area contributed by atoms with Crippen molar-refractivity contribution in [2.75, 3.05) is 20.8 Å². The Morgan fingerprint density at radius 3 is 2.58 bits per heavy atom. The van der Waals surface area contributed by atoms with E-state index in [0.717, 1.165) is 6.42 Å². The van der Waals surface area contributed by atoms with E-state index in [0.29, 0.717) is 40.9 Å². The highest BCUT2D eigenvalue weighted by molar-refractivity contribution is 5.95. The van der Waals surface area contributed by atoms with Gasteiger partial charge in [0.15, 0.2) is 0 Å². The Morgan fingerprint density at radius 1 is 1.23 bits per heavy atom. The molecular formula is C19H26N2O5. The highest BCUT2D eigenvalue weighted by Crippen LogP contribution is 2.35. The van der Waals surface area contributed by atoms with Crippen LogP contribution in [-0.4, -0.2) is 32.8 Å². The van der Waals surface area contributed by atoms with E-state index in [9.17, 15) is 9.59 Å². The Kier molecular flexibility index (Phi) is 6.49. The van der Waals surface area contributed by atoms with Crippen LogP contribution in [0.5, 0.6) is 11.5 Å². The number of ether oxygens (including phenoxy) is 3. The molecule has 142 valence electrons. The van der Waals surface area contributed by atoms with E-state index in [4.69, 9.17) is 14.2 Å². The molecule has 1 atom stereocenters. The number of hydrogen-bond acceptors (Lipinski definition) is 5. The molecule has 0 saturated heterocycles. The van der Waals surface area contributed by atoms with Crippen LogP contribution in [-0.2, 0) is 9.53 Å². The molecule has 26 heavy (non-hydrogen) atoms. The Hall–Kier alpha value is -2.70. The third-order valence-corrected chi connectivity index (χ3v) is 4.17. The van der Waals surface area contributed by atoms with Crippen LogP contribution in [0.25, 0.3) is 0 Å². The molecule has 7 heteroatoms. The molecule has 0 radical (unpaired) electrons. The molecule has 1 heterocycles. The number of nitrogens with one attached hydrogen (secondary N) is 2. The Morgan fingerprint density at radius 2 is 1.96 bits per heavy atom. The minimum atomic E-state index is -0.670. The first-order chi connectivity index (χ1) is 12.4. The van der Waals surface area contributed by atoms with E-state index in [1.807, 2.05) is 0 Å². The summed E-state index contributed by atoms with van der Waals surface area (Å²) >= 11 is 0. The molecule has 2 rings (SSSR count). The van der Waals surface area contributed by atoms with Crippen molar-refractivity contribution in [3.8, 4) is 11.5 Å². The number of carbonyl (C=O) groups excluding carboxylic acids is 2. The third kappa shape index (κ3) is 4.47. The van der Waals surface area contributed by atoms with Gasteiger partial charge < -0.3 is 24.8 Å². The minimum Gasteiger partial charge on any atom is -0.497 e. The molecule has 2 amide bonds. The minimum absolute atomic E-state index is 0.327. The first kappa shape index (κ1) is 19.6. The molecule has 0 fully saturated rings. The van der Waals surface area contributed by atoms with Gasteiger partial charge in [-0.3, -0.25) is 0 Å². The predicted octanol–water partition coefficient (Wildman–Crippen LogP) is 2.92. The number of benzene rings is 1. The molecule has 2 N–H and O–H groups in total. The van der Waals surface area contributed by atoms with Crippen molar-refractivity contribution >= 4 is 12.0 Å². The van der Waals surface area contributed by atoms with Crippen molar-refractivity contribution in [1.82, 2.24) is 10.6 Å². The number of rotatable bonds is 7. The van der Waals surface area contributed by atoms with E-state index in [1.165, 1.54) is 7.11 Å². The van der Waals surface area contributed by atoms with E-state index < -0.39 is 12.0 Å². The second-order valence-electron chi connectivity index (χ2n) is 6.50. The molecule has 1 aliphatic heterocycles. The van der Waals surface area contributed by atoms with E-state index in [-0.39, 0.29) is 6.03 Å². The SMILES string of the molecule is COc1ccc([C@@H]2NC(=O)NC(C)=C2C(=O)OCCC(C)C)c(OC)c1. The zero-order chi connectivity index (χ0) is 19.3. The lowest BCUT2D eigenvalue weighted by molar-refractivity contribution is -0.139. The fourth-order valence-electron chi connectivity index (χ4n) is 2.72. The zero-order valence-corrected chi connectivity index (χ0v) is 15.8. The molecule has 0 saturated carbocycles. The number of carbonyl (C=O) groups is 2. The quantitative estimate of drug-likeness (QED) is 0.729. The highest BCUT2D eigenvalue weighted by Gasteiger charge is 2.34. The topological polar surface area (TPSA) is 85.9 Å². The summed E-state index contributed by atoms with van der Waals surface area (Å²) < 4.78 is 16.0. The van der Waals surface area contributed by atoms with Gasteiger partial charge in [0.25, 0.3) is 0 Å². The number of methoxy groups -OCH3 is 2. The normalized spacial score (nSPS) is 16.8. The van der Waals surface area contributed by atoms with Crippen LogP contribution >= 0.6 is 0 Å². The van der Waals surface area contributed by atoms with Crippen LogP contribution in [0.2, 0.25) is 0 Å². The van der Waals surface area contributed by atoms with Crippen LogP contribution in [0.4, 0.5) is 4.79 Å². The second kappa shape index (κ2) is 8.60. The number of allylic oxidation sites excluding steroid dienone is 1. The fraction of sp³-hybridized carbons (Fsp3) is 0.474. The molecule has 0 aromatic heterocycles. The van der Waals surface area contributed by atoms with Gasteiger partial charge in [-0.1, -0.05) is 13.8 Å². The predicted molar refractivity (Wildman–Crippen MR) is 97.1 cm³/mol. The summed E-state index contributed by atoms with van der Waals surface area (Å²) in [6, 6.07) is 4.17. The van der Waals surface area contributed by atoms with Crippen molar-refractivity contribution in [2.24, 2.45) is 5.92 Å². The van der Waals surface area contributed by atoms with Crippen LogP contribution in [0.15, 0.2) is 29.5 Å². The van der Waals surface area contributed by atoms with Crippen molar-refractivity contribution in [2.45, 2.75) is 33.2 Å². The van der Waals surface area contributed by atoms with E-state index >= 15 is 0 Å². The highest BCUT2D eigenvalue weighted by atomic mass is 16.5. The molecule has 1 aromatic rings. The first-order valence-electron chi connectivity index (χ1n) is 8.54. The van der Waals surface area contributed by atoms with Gasteiger partial charge in [0.05, 0.1) is 32.4 Å². The lowest BCUT2D eigenvalue weighted by Crippen LogP contribution is -2.45. The zero-order valence-electron chi connectivity index (χ0n) is 15.8. The molecule has 7 nitrogen and oxygen atoms in total. The maximum absolute atomic E-state index is 12.7. The van der Waals surface area contributed by atoms with Crippen LogP contribution in [0.1, 0.15) is 38.8 Å². The van der Waals surface area contributed by atoms with Crippen molar-refractivity contribution in [1.29, 1.82) is 0 Å². The van der Waals surface area contributed by atoms with Gasteiger partial charge in [-0.2, -0.15) is 0 Å². The van der Waals surface area contributed by atoms with Gasteiger partial charge in [0.2, 0.25) is 0 Å². The number of hydrogen-bond donors (Lipinski definition) is 2. The Bertz CT molecular complexity index is 712. The summed E-state index contributed by atoms with van der Waals surface area (Å²) in [5.74, 6) is 1.10. The summed E-state index contributed by atoms with van der Waals surface area (Å²) in [5, 5.41) is 5.41. The van der Waals surface area contributed by atoms with Crippen molar-refractivity contribution < 1.29 is 23.8 Å². The van der Waals surface area contributed by atoms with Crippen LogP contribution in [0.3, 0.4) is 0 Å². The standard InChI is InChI=1S/C19H26N2O5/c1-11(2)8-9-26-18(22)16-12(3)20-19(23)21-17(16)14-7-6-13(24-4)10-15(14)25-5/h6-7,10-11,17H,8-9H2,1-5H3,(H2,20,21,23)/t17-/m0/s1. The number of amides is 2. The smallest absolute Gasteiger partial charge is 0.338 e. The van der Waals surface area contributed by atoms with Gasteiger partial charge in [0.1, 0.15) is 11.5 Å². The van der Waals surface area contributed by atoms with E-state index in [1.54, 1.807) is 32.2 Å². The summed E-state index contributed by atoms with van der Waals surface area (Å²) in [7, 11) is 3.08. The molecule has 1 aromatic carbocycles. The van der Waals surface area contributed by atoms with Gasteiger partial charge in [-0.25, -0.2) is 9.59 Å². The monoisotopic (exact) mass is 362 g/mol. The molecular weight excluding hydrogens is 336 g/mol. The average molecular weight is 362 g/mol. The lowest BCUT2D eigenvalue weighted by atomic mass is 9.94. The summed E-state index contributed by atoms with van der Waals surface area (Å²) in [6.07, 6.45) is 0.772. The van der Waals surface area contributed by atoms with Gasteiger partial charge >= 0.3 is 12.0 Å². The first-order valence-corrected chi connectivity index (χ1v) is 8.54. The Balaban J connectivity index is 2.36. The average Bonchev–Trinajstić information content (AvgIpc) is 2.59. The van der Waals surface area contributed by atoms with Crippen molar-refractivity contribution in [3.63, 3.8) is 0 Å². The summed E-state index contributed by atoms with van der Waals surface area (Å²) in [5.41, 5.74) is 1.47. The summed E-state index contributed by atoms with van der Waals surface area (Å²) in [6.45, 7) is 6.13. The number of urea groups is 1. The lowest BCUT2D eigenvalue weighted by Gasteiger charge is -2.29. The summed E-state index contributed by atoms with van der Waals surface area (Å²) in [4.78, 5) is 24.6. The van der Waals surface area contributed by atoms with Crippen LogP contribution < -0.4 is 20.1 Å². The largest absolute Gasteiger partial charge is 0.497 e. The van der Waals surface area contributed by atoms with Gasteiger partial charge in [-0.15, -0.1) is 0 Å². The molecule has 0 spiro atoms. The van der Waals surface area contributed by atoms with E-state index in [2.05, 4.69) is 24.5 Å². The van der Waals surface area contributed by atoms with Crippen LogP contribution in [0, 0.1) is 5.92 Å². The molecule has 0 unspecified atom stereocenters. The van der Waals surface area contributed by atoms with Gasteiger partial charge in [-0.05, 0) is 31.4 Å². The maximum atomic E-state index is 12.7. The third-order valence-electron chi connectivity index (χ3n) is 4.17. The second-order valence-corrected chi connectivity index (χ2v) is 6.50. The molecule has 0 bridgehead atoms. The number of esters is 1. The molecule has 0 aliphatic carbocycles. The maximum Gasteiger partial charge on any atom is 0.338 e. The van der Waals surface area contributed by atoms with Crippen molar-refractivity contribution in [3.05, 3.63) is 35.0 Å². The van der Waals surface area contributed by atoms with Gasteiger partial charge in [0, 0.05) is 17.3 Å².